The third kappa shape index (κ3) is 5.95. The smallest absolute Gasteiger partial charge is 0.111 e. The minimum absolute atomic E-state index is 0.243. The van der Waals surface area contributed by atoms with Crippen molar-refractivity contribution in [2.75, 3.05) is 0 Å². The van der Waals surface area contributed by atoms with Crippen molar-refractivity contribution in [1.82, 2.24) is 4.90 Å². The van der Waals surface area contributed by atoms with E-state index in [4.69, 9.17) is 0 Å². The van der Waals surface area contributed by atoms with Crippen LogP contribution in [0, 0.1) is 35.5 Å². The van der Waals surface area contributed by atoms with E-state index in [1.807, 2.05) is 24.3 Å². The molecule has 3 N–H and O–H groups in total. The molecule has 0 amide bonds. The predicted molar refractivity (Wildman–Crippen MR) is 171 cm³/mol. The molecule has 6 aliphatic rings. The molecule has 0 saturated heterocycles. The summed E-state index contributed by atoms with van der Waals surface area (Å²) in [5, 5.41) is 29.5. The van der Waals surface area contributed by atoms with Gasteiger partial charge in [-0.1, -0.05) is 79.7 Å². The average molecular weight is 564 g/mol. The van der Waals surface area contributed by atoms with Crippen LogP contribution in [-0.4, -0.2) is 26.3 Å². The lowest BCUT2D eigenvalue weighted by Gasteiger charge is -2.45. The second-order valence-corrected chi connectivity index (χ2v) is 12.9. The van der Waals surface area contributed by atoms with Crippen molar-refractivity contribution in [2.45, 2.75) is 64.8 Å². The first-order valence-corrected chi connectivity index (χ1v) is 15.9. The van der Waals surface area contributed by atoms with Gasteiger partial charge in [-0.15, -0.1) is 0 Å². The SMILES string of the molecule is CC1C(C2=CC=C(O)CC2)C=CC(N(C2=CCC(C3=CC=C(O)CC3)C=C2)C2=CCC(C3C=CC(O)=CC3)C=C2)C1C. The first kappa shape index (κ1) is 28.5. The van der Waals surface area contributed by atoms with Crippen molar-refractivity contribution in [1.29, 1.82) is 0 Å². The lowest BCUT2D eigenvalue weighted by Crippen LogP contribution is -2.43. The first-order chi connectivity index (χ1) is 20.4. The molecule has 0 bridgehead atoms. The number of nitrogens with zero attached hydrogens (tertiary/aromatic N) is 1. The normalized spacial score (nSPS) is 34.4. The fraction of sp³-hybridized carbons (Fsp3) is 0.421. The number of allylic oxidation sites excluding steroid dienone is 18. The Labute approximate surface area is 251 Å². The molecule has 0 fully saturated rings. The van der Waals surface area contributed by atoms with Crippen molar-refractivity contribution in [3.05, 3.63) is 131 Å². The topological polar surface area (TPSA) is 63.9 Å². The molecule has 6 aliphatic carbocycles. The molecule has 42 heavy (non-hydrogen) atoms. The third-order valence-electron chi connectivity index (χ3n) is 10.4. The van der Waals surface area contributed by atoms with E-state index in [0.717, 1.165) is 44.9 Å². The maximum Gasteiger partial charge on any atom is 0.111 e. The quantitative estimate of drug-likeness (QED) is 0.282. The molecule has 0 saturated carbocycles. The summed E-state index contributed by atoms with van der Waals surface area (Å²) < 4.78 is 0. The maximum atomic E-state index is 9.90. The van der Waals surface area contributed by atoms with E-state index in [9.17, 15) is 15.3 Å². The van der Waals surface area contributed by atoms with E-state index in [-0.39, 0.29) is 6.04 Å². The summed E-state index contributed by atoms with van der Waals surface area (Å²) >= 11 is 0. The molecule has 0 spiro atoms. The van der Waals surface area contributed by atoms with Gasteiger partial charge in [-0.05, 0) is 92.2 Å². The molecular weight excluding hydrogens is 518 g/mol. The van der Waals surface area contributed by atoms with Gasteiger partial charge in [0.1, 0.15) is 5.76 Å². The van der Waals surface area contributed by atoms with Crippen LogP contribution < -0.4 is 0 Å². The molecule has 0 aromatic heterocycles. The van der Waals surface area contributed by atoms with E-state index < -0.39 is 0 Å². The van der Waals surface area contributed by atoms with Crippen LogP contribution in [0.2, 0.25) is 0 Å². The highest BCUT2D eigenvalue weighted by atomic mass is 16.3. The van der Waals surface area contributed by atoms with E-state index >= 15 is 0 Å². The van der Waals surface area contributed by atoms with Gasteiger partial charge in [0.25, 0.3) is 0 Å². The summed E-state index contributed by atoms with van der Waals surface area (Å²) in [6, 6.07) is 0.243. The Hall–Kier alpha value is -3.66. The Morgan fingerprint density at radius 2 is 1.21 bits per heavy atom. The van der Waals surface area contributed by atoms with Crippen LogP contribution in [0.15, 0.2) is 131 Å². The fourth-order valence-electron chi connectivity index (χ4n) is 7.50. The van der Waals surface area contributed by atoms with E-state index in [1.54, 1.807) is 0 Å². The van der Waals surface area contributed by atoms with Crippen LogP contribution in [-0.2, 0) is 0 Å². The molecule has 4 heteroatoms. The van der Waals surface area contributed by atoms with Crippen molar-refractivity contribution >= 4 is 0 Å². The molecule has 0 heterocycles. The second kappa shape index (κ2) is 12.3. The van der Waals surface area contributed by atoms with Gasteiger partial charge in [-0.25, -0.2) is 0 Å². The van der Waals surface area contributed by atoms with Crippen LogP contribution in [0.25, 0.3) is 0 Å². The number of aliphatic hydroxyl groups is 3. The highest BCUT2D eigenvalue weighted by molar-refractivity contribution is 5.39. The monoisotopic (exact) mass is 563 g/mol. The van der Waals surface area contributed by atoms with Crippen LogP contribution in [0.1, 0.15) is 58.8 Å². The highest BCUT2D eigenvalue weighted by Crippen LogP contribution is 2.43. The zero-order valence-electron chi connectivity index (χ0n) is 24.9. The predicted octanol–water partition coefficient (Wildman–Crippen LogP) is 9.38. The summed E-state index contributed by atoms with van der Waals surface area (Å²) in [7, 11) is 0. The van der Waals surface area contributed by atoms with E-state index in [1.165, 1.54) is 22.5 Å². The highest BCUT2D eigenvalue weighted by Gasteiger charge is 2.37. The number of aliphatic hydroxyl groups excluding tert-OH is 3. The maximum absolute atomic E-state index is 9.90. The van der Waals surface area contributed by atoms with Gasteiger partial charge in [0, 0.05) is 36.1 Å². The van der Waals surface area contributed by atoms with Gasteiger partial charge >= 0.3 is 0 Å². The second-order valence-electron chi connectivity index (χ2n) is 12.9. The van der Waals surface area contributed by atoms with Gasteiger partial charge < -0.3 is 20.2 Å². The molecule has 7 atom stereocenters. The van der Waals surface area contributed by atoms with Gasteiger partial charge in [0.2, 0.25) is 0 Å². The van der Waals surface area contributed by atoms with Crippen molar-refractivity contribution in [2.24, 2.45) is 35.5 Å². The molecule has 0 aromatic rings. The Kier molecular flexibility index (Phi) is 8.33. The van der Waals surface area contributed by atoms with Gasteiger partial charge in [0.15, 0.2) is 0 Å². The molecule has 220 valence electrons. The van der Waals surface area contributed by atoms with Crippen LogP contribution in [0.4, 0.5) is 0 Å². The Balaban J connectivity index is 1.26. The summed E-state index contributed by atoms with van der Waals surface area (Å²) in [6.45, 7) is 4.79. The number of rotatable bonds is 6. The van der Waals surface area contributed by atoms with Gasteiger partial charge in [0.05, 0.1) is 17.6 Å². The summed E-state index contributed by atoms with van der Waals surface area (Å²) in [4.78, 5) is 2.57. The third-order valence-corrected chi connectivity index (χ3v) is 10.4. The summed E-state index contributed by atoms with van der Waals surface area (Å²) in [5.41, 5.74) is 5.35. The Morgan fingerprint density at radius 3 is 1.76 bits per heavy atom. The van der Waals surface area contributed by atoms with Crippen LogP contribution >= 0.6 is 0 Å². The largest absolute Gasteiger partial charge is 0.512 e. The Morgan fingerprint density at radius 1 is 0.595 bits per heavy atom. The summed E-state index contributed by atoms with van der Waals surface area (Å²) in [6.07, 6.45) is 39.1. The van der Waals surface area contributed by atoms with E-state index in [0.29, 0.717) is 52.8 Å². The standard InChI is InChI=1S/C38H45NO3/c1-25-26(2)38(24-23-37(25)31-11-21-36(42)22-12-31)39(32-13-3-27(4-14-32)29-7-17-34(40)18-8-29)33-15-5-28(6-16-33)30-9-19-35(41)20-10-30/h3,5,7,9,11,13-19,21,23-29,37-38,40-42H,4,6,8,10,12,20,22H2,1-2H3. The Bertz CT molecular complexity index is 1410. The average Bonchev–Trinajstić information content (AvgIpc) is 3.02. The van der Waals surface area contributed by atoms with Crippen molar-refractivity contribution in [3.8, 4) is 0 Å². The molecule has 0 radical (unpaired) electrons. The van der Waals surface area contributed by atoms with Gasteiger partial charge in [-0.3, -0.25) is 0 Å². The number of hydrogen-bond acceptors (Lipinski definition) is 4. The van der Waals surface area contributed by atoms with Gasteiger partial charge in [-0.2, -0.15) is 0 Å². The first-order valence-electron chi connectivity index (χ1n) is 15.9. The van der Waals surface area contributed by atoms with Crippen LogP contribution in [0.5, 0.6) is 0 Å². The summed E-state index contributed by atoms with van der Waals surface area (Å²) in [5.74, 6) is 3.88. The molecule has 0 aliphatic heterocycles. The zero-order valence-corrected chi connectivity index (χ0v) is 24.9. The molecular formula is C38H45NO3. The lowest BCUT2D eigenvalue weighted by molar-refractivity contribution is 0.194. The molecule has 7 unspecified atom stereocenters. The molecule has 4 nitrogen and oxygen atoms in total. The molecule has 6 rings (SSSR count). The minimum Gasteiger partial charge on any atom is -0.512 e. The lowest BCUT2D eigenvalue weighted by atomic mass is 9.70. The minimum atomic E-state index is 0.243. The fourth-order valence-corrected chi connectivity index (χ4v) is 7.50. The number of hydrogen-bond donors (Lipinski definition) is 3. The van der Waals surface area contributed by atoms with Crippen molar-refractivity contribution < 1.29 is 15.3 Å². The van der Waals surface area contributed by atoms with E-state index in [2.05, 4.69) is 85.6 Å². The van der Waals surface area contributed by atoms with Crippen LogP contribution in [0.3, 0.4) is 0 Å². The zero-order chi connectivity index (χ0) is 29.2. The molecule has 0 aromatic carbocycles. The van der Waals surface area contributed by atoms with Crippen molar-refractivity contribution in [3.63, 3.8) is 0 Å².